The van der Waals surface area contributed by atoms with Crippen LogP contribution in [0.1, 0.15) is 0 Å². The molecule has 10 aromatic rings. The number of imidazole rings is 1. The molecule has 0 radical (unpaired) electrons. The maximum absolute atomic E-state index is 4.86. The lowest BCUT2D eigenvalue weighted by Crippen LogP contribution is -1.94. The molecule has 200 valence electrons. The Labute approximate surface area is 250 Å². The summed E-state index contributed by atoms with van der Waals surface area (Å²) in [5, 5.41) is 10.5. The number of nitrogens with zero attached hydrogens (tertiary/aromatic N) is 3. The molecular formula is C39H23N3S. The van der Waals surface area contributed by atoms with Gasteiger partial charge in [-0.1, -0.05) is 91.0 Å². The lowest BCUT2D eigenvalue weighted by Gasteiger charge is -2.11. The Morgan fingerprint density at radius 2 is 1.28 bits per heavy atom. The first-order valence-electron chi connectivity index (χ1n) is 14.6. The summed E-state index contributed by atoms with van der Waals surface area (Å²) in [5.74, 6) is 0. The minimum Gasteiger partial charge on any atom is -0.308 e. The van der Waals surface area contributed by atoms with Crippen LogP contribution in [0.5, 0.6) is 0 Å². The Bertz CT molecular complexity index is 2690. The maximum atomic E-state index is 4.86. The molecule has 0 atom stereocenters. The number of aromatic nitrogens is 3. The summed E-state index contributed by atoms with van der Waals surface area (Å²) in [6.07, 6.45) is 4.14. The zero-order valence-corrected chi connectivity index (χ0v) is 23.8. The highest BCUT2D eigenvalue weighted by Crippen LogP contribution is 2.49. The smallest absolute Gasteiger partial charge is 0.137 e. The van der Waals surface area contributed by atoms with Gasteiger partial charge in [0.05, 0.1) is 21.4 Å². The standard InChI is InChI=1S/C39H23N3S/c1-2-10-27-24(9-1)18-21-33-36(27)37-29-12-4-3-11-28(29)35-30-13-5-6-14-32(30)42(38(35)39(37)43-33)26-19-16-25(17-20-26)31-23-41-22-8-7-15-34(41)40-31/h1-23H. The van der Waals surface area contributed by atoms with E-state index in [9.17, 15) is 0 Å². The van der Waals surface area contributed by atoms with Crippen LogP contribution in [0, 0.1) is 0 Å². The third-order valence-corrected chi connectivity index (χ3v) is 10.1. The lowest BCUT2D eigenvalue weighted by molar-refractivity contribution is 1.19. The zero-order valence-electron chi connectivity index (χ0n) is 23.0. The van der Waals surface area contributed by atoms with Gasteiger partial charge >= 0.3 is 0 Å². The average Bonchev–Trinajstić information content (AvgIpc) is 3.77. The van der Waals surface area contributed by atoms with E-state index < -0.39 is 0 Å². The Hall–Kier alpha value is -5.45. The quantitative estimate of drug-likeness (QED) is 0.204. The van der Waals surface area contributed by atoms with Gasteiger partial charge in [-0.3, -0.25) is 0 Å². The van der Waals surface area contributed by atoms with Crippen LogP contribution in [0.2, 0.25) is 0 Å². The zero-order chi connectivity index (χ0) is 28.1. The molecule has 0 fully saturated rings. The monoisotopic (exact) mass is 565 g/mol. The van der Waals surface area contributed by atoms with Gasteiger partial charge in [0.25, 0.3) is 0 Å². The molecule has 4 heteroatoms. The Balaban J connectivity index is 1.34. The number of pyridine rings is 1. The van der Waals surface area contributed by atoms with Crippen molar-refractivity contribution in [2.45, 2.75) is 0 Å². The molecule has 0 saturated carbocycles. The Kier molecular flexibility index (Phi) is 4.60. The summed E-state index contributed by atoms with van der Waals surface area (Å²) >= 11 is 1.91. The predicted molar refractivity (Wildman–Crippen MR) is 183 cm³/mol. The molecule has 4 heterocycles. The fourth-order valence-corrected chi connectivity index (χ4v) is 8.34. The molecular weight excluding hydrogens is 543 g/mol. The molecule has 0 N–H and O–H groups in total. The van der Waals surface area contributed by atoms with Crippen molar-refractivity contribution in [2.75, 3.05) is 0 Å². The molecule has 43 heavy (non-hydrogen) atoms. The van der Waals surface area contributed by atoms with Crippen molar-refractivity contribution < 1.29 is 0 Å². The van der Waals surface area contributed by atoms with Crippen LogP contribution >= 0.6 is 11.3 Å². The number of benzene rings is 6. The van der Waals surface area contributed by atoms with Crippen LogP contribution in [0.4, 0.5) is 0 Å². The molecule has 0 aliphatic heterocycles. The Morgan fingerprint density at radius 3 is 2.12 bits per heavy atom. The number of hydrogen-bond donors (Lipinski definition) is 0. The van der Waals surface area contributed by atoms with E-state index in [4.69, 9.17) is 4.98 Å². The van der Waals surface area contributed by atoms with Gasteiger partial charge < -0.3 is 8.97 Å². The van der Waals surface area contributed by atoms with Crippen LogP contribution < -0.4 is 0 Å². The van der Waals surface area contributed by atoms with Crippen molar-refractivity contribution in [3.8, 4) is 16.9 Å². The van der Waals surface area contributed by atoms with E-state index >= 15 is 0 Å². The highest BCUT2D eigenvalue weighted by Gasteiger charge is 2.22. The van der Waals surface area contributed by atoms with Crippen molar-refractivity contribution in [3.05, 3.63) is 140 Å². The molecule has 10 rings (SSSR count). The van der Waals surface area contributed by atoms with Crippen molar-refractivity contribution in [2.24, 2.45) is 0 Å². The van der Waals surface area contributed by atoms with Gasteiger partial charge in [0, 0.05) is 49.9 Å². The molecule has 4 aromatic heterocycles. The molecule has 6 aromatic carbocycles. The summed E-state index contributed by atoms with van der Waals surface area (Å²) in [7, 11) is 0. The largest absolute Gasteiger partial charge is 0.308 e. The molecule has 0 spiro atoms. The van der Waals surface area contributed by atoms with Crippen molar-refractivity contribution in [3.63, 3.8) is 0 Å². The van der Waals surface area contributed by atoms with Crippen molar-refractivity contribution in [1.29, 1.82) is 0 Å². The van der Waals surface area contributed by atoms with Crippen LogP contribution in [0.3, 0.4) is 0 Å². The molecule has 0 aliphatic carbocycles. The molecule has 0 saturated heterocycles. The minimum absolute atomic E-state index is 0.954. The second kappa shape index (κ2) is 8.54. The number of hydrogen-bond acceptors (Lipinski definition) is 2. The first-order chi connectivity index (χ1) is 21.3. The summed E-state index contributed by atoms with van der Waals surface area (Å²) in [4.78, 5) is 4.86. The average molecular weight is 566 g/mol. The molecule has 0 unspecified atom stereocenters. The first kappa shape index (κ1) is 23.1. The van der Waals surface area contributed by atoms with Crippen LogP contribution in [-0.4, -0.2) is 14.0 Å². The second-order valence-corrected chi connectivity index (χ2v) is 12.3. The molecule has 0 amide bonds. The third kappa shape index (κ3) is 3.16. The van der Waals surface area contributed by atoms with Crippen LogP contribution in [0.25, 0.3) is 86.1 Å². The molecule has 0 bridgehead atoms. The van der Waals surface area contributed by atoms with Gasteiger partial charge in [0.1, 0.15) is 5.65 Å². The summed E-state index contributed by atoms with van der Waals surface area (Å²) in [6.45, 7) is 0. The fourth-order valence-electron chi connectivity index (χ4n) is 7.06. The van der Waals surface area contributed by atoms with E-state index in [1.807, 2.05) is 35.7 Å². The van der Waals surface area contributed by atoms with Gasteiger partial charge in [0.2, 0.25) is 0 Å². The van der Waals surface area contributed by atoms with E-state index in [0.717, 1.165) is 22.6 Å². The number of thiophene rings is 1. The van der Waals surface area contributed by atoms with Crippen molar-refractivity contribution >= 4 is 80.5 Å². The summed E-state index contributed by atoms with van der Waals surface area (Å²) in [6, 6.07) is 46.2. The lowest BCUT2D eigenvalue weighted by atomic mass is 9.96. The van der Waals surface area contributed by atoms with E-state index in [-0.39, 0.29) is 0 Å². The van der Waals surface area contributed by atoms with Gasteiger partial charge in [0.15, 0.2) is 0 Å². The van der Waals surface area contributed by atoms with E-state index in [0.29, 0.717) is 0 Å². The van der Waals surface area contributed by atoms with Crippen LogP contribution in [-0.2, 0) is 0 Å². The molecule has 0 aliphatic rings. The summed E-state index contributed by atoms with van der Waals surface area (Å²) in [5.41, 5.74) is 6.69. The van der Waals surface area contributed by atoms with Gasteiger partial charge in [-0.2, -0.15) is 0 Å². The van der Waals surface area contributed by atoms with E-state index in [2.05, 4.69) is 124 Å². The molecule has 3 nitrogen and oxygen atoms in total. The highest BCUT2D eigenvalue weighted by atomic mass is 32.1. The van der Waals surface area contributed by atoms with E-state index in [1.54, 1.807) is 0 Å². The maximum Gasteiger partial charge on any atom is 0.137 e. The predicted octanol–water partition coefficient (Wildman–Crippen LogP) is 10.8. The van der Waals surface area contributed by atoms with Crippen molar-refractivity contribution in [1.82, 2.24) is 14.0 Å². The highest BCUT2D eigenvalue weighted by molar-refractivity contribution is 7.27. The fraction of sp³-hybridized carbons (Fsp3) is 0. The van der Waals surface area contributed by atoms with Gasteiger partial charge in [-0.05, 0) is 57.9 Å². The minimum atomic E-state index is 0.954. The third-order valence-electron chi connectivity index (χ3n) is 8.92. The van der Waals surface area contributed by atoms with E-state index in [1.165, 1.54) is 63.5 Å². The summed E-state index contributed by atoms with van der Waals surface area (Å²) < 4.78 is 7.21. The SMILES string of the molecule is c1ccc2c(c1)ccc1sc3c(c4ccccc4c4c5ccccc5n(-c5ccc(-c6cn7ccccc7n6)cc5)c34)c12. The topological polar surface area (TPSA) is 22.2 Å². The number of para-hydroxylation sites is 1. The normalized spacial score (nSPS) is 12.2. The van der Waals surface area contributed by atoms with Gasteiger partial charge in [-0.15, -0.1) is 11.3 Å². The number of rotatable bonds is 2. The second-order valence-electron chi connectivity index (χ2n) is 11.2. The van der Waals surface area contributed by atoms with Gasteiger partial charge in [-0.25, -0.2) is 4.98 Å². The Morgan fingerprint density at radius 1 is 0.558 bits per heavy atom. The first-order valence-corrected chi connectivity index (χ1v) is 15.4. The number of fused-ring (bicyclic) bond motifs is 13. The van der Waals surface area contributed by atoms with Crippen LogP contribution in [0.15, 0.2) is 140 Å².